The van der Waals surface area contributed by atoms with Gasteiger partial charge in [0.1, 0.15) is 6.04 Å². The van der Waals surface area contributed by atoms with Crippen molar-refractivity contribution < 1.29 is 9.90 Å². The highest BCUT2D eigenvalue weighted by molar-refractivity contribution is 5.83. The number of nitrogens with one attached hydrogen (secondary N) is 1. The van der Waals surface area contributed by atoms with E-state index in [0.717, 1.165) is 5.56 Å². The van der Waals surface area contributed by atoms with Crippen molar-refractivity contribution in [2.45, 2.75) is 25.4 Å². The smallest absolute Gasteiger partial charge is 0.242 e. The summed E-state index contributed by atoms with van der Waals surface area (Å²) in [7, 11) is 0. The highest BCUT2D eigenvalue weighted by Gasteiger charge is 2.23. The van der Waals surface area contributed by atoms with E-state index in [4.69, 9.17) is 10.8 Å². The summed E-state index contributed by atoms with van der Waals surface area (Å²) in [5.74, 6) is -0.287. The van der Waals surface area contributed by atoms with E-state index in [1.165, 1.54) is 0 Å². The van der Waals surface area contributed by atoms with Crippen LogP contribution < -0.4 is 11.1 Å². The second-order valence-corrected chi connectivity index (χ2v) is 4.42. The standard InChI is InChI=1S/C12H18N2O2/c1-12(2,8-15)14-11(16)10(13)9-6-4-3-5-7-9/h3-7,10,15H,8,13H2,1-2H3,(H,14,16). The molecule has 4 nitrogen and oxygen atoms in total. The Morgan fingerprint density at radius 1 is 1.44 bits per heavy atom. The predicted octanol–water partition coefficient (Wildman–Crippen LogP) is 0.573. The molecule has 4 N–H and O–H groups in total. The molecule has 0 aliphatic rings. The van der Waals surface area contributed by atoms with Crippen LogP contribution in [0, 0.1) is 0 Å². The minimum absolute atomic E-state index is 0.125. The average Bonchev–Trinajstić information content (AvgIpc) is 2.28. The number of rotatable bonds is 4. The number of amides is 1. The molecule has 0 heterocycles. The Bertz CT molecular complexity index is 349. The molecule has 0 bridgehead atoms. The zero-order chi connectivity index (χ0) is 12.2. The van der Waals surface area contributed by atoms with E-state index in [-0.39, 0.29) is 12.5 Å². The first-order valence-corrected chi connectivity index (χ1v) is 5.20. The summed E-state index contributed by atoms with van der Waals surface area (Å²) in [4.78, 5) is 11.8. The summed E-state index contributed by atoms with van der Waals surface area (Å²) in [5, 5.41) is 11.7. The first-order valence-electron chi connectivity index (χ1n) is 5.20. The van der Waals surface area contributed by atoms with Gasteiger partial charge >= 0.3 is 0 Å². The lowest BCUT2D eigenvalue weighted by molar-refractivity contribution is -0.124. The Morgan fingerprint density at radius 3 is 2.50 bits per heavy atom. The Kier molecular flexibility index (Phi) is 4.04. The third-order valence-electron chi connectivity index (χ3n) is 2.30. The lowest BCUT2D eigenvalue weighted by atomic mass is 10.0. The van der Waals surface area contributed by atoms with E-state index in [1.807, 2.05) is 18.2 Å². The van der Waals surface area contributed by atoms with Crippen LogP contribution in [0.2, 0.25) is 0 Å². The molecule has 1 rings (SSSR count). The van der Waals surface area contributed by atoms with Crippen molar-refractivity contribution >= 4 is 5.91 Å². The average molecular weight is 222 g/mol. The van der Waals surface area contributed by atoms with E-state index in [0.29, 0.717) is 0 Å². The van der Waals surface area contributed by atoms with Crippen LogP contribution in [0.5, 0.6) is 0 Å². The van der Waals surface area contributed by atoms with Crippen molar-refractivity contribution in [3.63, 3.8) is 0 Å². The van der Waals surface area contributed by atoms with Gasteiger partial charge in [-0.2, -0.15) is 0 Å². The van der Waals surface area contributed by atoms with Gasteiger partial charge in [-0.3, -0.25) is 4.79 Å². The van der Waals surface area contributed by atoms with Gasteiger partial charge in [-0.05, 0) is 19.4 Å². The van der Waals surface area contributed by atoms with Gasteiger partial charge in [0, 0.05) is 0 Å². The Balaban J connectivity index is 2.69. The highest BCUT2D eigenvalue weighted by atomic mass is 16.3. The molecule has 0 aromatic heterocycles. The number of benzene rings is 1. The normalized spacial score (nSPS) is 13.2. The maximum absolute atomic E-state index is 11.8. The van der Waals surface area contributed by atoms with Crippen molar-refractivity contribution in [3.05, 3.63) is 35.9 Å². The van der Waals surface area contributed by atoms with E-state index < -0.39 is 11.6 Å². The fourth-order valence-electron chi connectivity index (χ4n) is 1.26. The molecule has 0 aliphatic heterocycles. The second-order valence-electron chi connectivity index (χ2n) is 4.42. The molecular formula is C12H18N2O2. The van der Waals surface area contributed by atoms with Gasteiger partial charge < -0.3 is 16.2 Å². The molecule has 88 valence electrons. The lowest BCUT2D eigenvalue weighted by Gasteiger charge is -2.25. The molecular weight excluding hydrogens is 204 g/mol. The van der Waals surface area contributed by atoms with Crippen molar-refractivity contribution in [2.24, 2.45) is 5.73 Å². The van der Waals surface area contributed by atoms with Crippen LogP contribution in [0.25, 0.3) is 0 Å². The molecule has 0 radical (unpaired) electrons. The summed E-state index contributed by atoms with van der Waals surface area (Å²) in [6, 6.07) is 8.43. The molecule has 1 aromatic carbocycles. The maximum Gasteiger partial charge on any atom is 0.242 e. The molecule has 1 unspecified atom stereocenters. The van der Waals surface area contributed by atoms with Gasteiger partial charge in [-0.15, -0.1) is 0 Å². The minimum Gasteiger partial charge on any atom is -0.394 e. The van der Waals surface area contributed by atoms with Crippen molar-refractivity contribution in [1.29, 1.82) is 0 Å². The third-order valence-corrected chi connectivity index (χ3v) is 2.30. The van der Waals surface area contributed by atoms with Gasteiger partial charge in [-0.1, -0.05) is 30.3 Å². The van der Waals surface area contributed by atoms with Gasteiger partial charge in [0.15, 0.2) is 0 Å². The number of aliphatic hydroxyl groups excluding tert-OH is 1. The van der Waals surface area contributed by atoms with Gasteiger partial charge in [0.2, 0.25) is 5.91 Å². The molecule has 16 heavy (non-hydrogen) atoms. The van der Waals surface area contributed by atoms with Crippen LogP contribution in [-0.4, -0.2) is 23.2 Å². The van der Waals surface area contributed by atoms with Crippen LogP contribution >= 0.6 is 0 Å². The fraction of sp³-hybridized carbons (Fsp3) is 0.417. The first-order chi connectivity index (χ1) is 7.46. The van der Waals surface area contributed by atoms with Crippen LogP contribution in [0.4, 0.5) is 0 Å². The zero-order valence-electron chi connectivity index (χ0n) is 9.60. The molecule has 1 amide bonds. The summed E-state index contributed by atoms with van der Waals surface area (Å²) in [6.07, 6.45) is 0. The van der Waals surface area contributed by atoms with Gasteiger partial charge in [-0.25, -0.2) is 0 Å². The van der Waals surface area contributed by atoms with Crippen LogP contribution in [0.3, 0.4) is 0 Å². The number of hydrogen-bond donors (Lipinski definition) is 3. The quantitative estimate of drug-likeness (QED) is 0.697. The number of hydrogen-bond acceptors (Lipinski definition) is 3. The molecule has 0 spiro atoms. The number of nitrogens with two attached hydrogens (primary N) is 1. The SMILES string of the molecule is CC(C)(CO)NC(=O)C(N)c1ccccc1. The van der Waals surface area contributed by atoms with E-state index in [2.05, 4.69) is 5.32 Å². The fourth-order valence-corrected chi connectivity index (χ4v) is 1.26. The summed E-state index contributed by atoms with van der Waals surface area (Å²) >= 11 is 0. The number of carbonyl (C=O) groups is 1. The van der Waals surface area contributed by atoms with Crippen LogP contribution in [0.1, 0.15) is 25.5 Å². The third kappa shape index (κ3) is 3.32. The summed E-state index contributed by atoms with van der Waals surface area (Å²) in [6.45, 7) is 3.35. The topological polar surface area (TPSA) is 75.3 Å². The summed E-state index contributed by atoms with van der Waals surface area (Å²) in [5.41, 5.74) is 5.92. The highest BCUT2D eigenvalue weighted by Crippen LogP contribution is 2.11. The molecule has 1 aromatic rings. The van der Waals surface area contributed by atoms with Crippen molar-refractivity contribution in [1.82, 2.24) is 5.32 Å². The molecule has 4 heteroatoms. The number of carbonyl (C=O) groups excluding carboxylic acids is 1. The first kappa shape index (κ1) is 12.7. The monoisotopic (exact) mass is 222 g/mol. The maximum atomic E-state index is 11.8. The minimum atomic E-state index is -0.702. The van der Waals surface area contributed by atoms with Gasteiger partial charge in [0.25, 0.3) is 0 Å². The van der Waals surface area contributed by atoms with E-state index >= 15 is 0 Å². The lowest BCUT2D eigenvalue weighted by Crippen LogP contribution is -2.49. The van der Waals surface area contributed by atoms with E-state index in [1.54, 1.807) is 26.0 Å². The summed E-state index contributed by atoms with van der Waals surface area (Å²) < 4.78 is 0. The van der Waals surface area contributed by atoms with Gasteiger partial charge in [0.05, 0.1) is 12.1 Å². The van der Waals surface area contributed by atoms with Crippen LogP contribution in [-0.2, 0) is 4.79 Å². The Labute approximate surface area is 95.5 Å². The molecule has 0 fully saturated rings. The second kappa shape index (κ2) is 5.09. The largest absolute Gasteiger partial charge is 0.394 e. The Morgan fingerprint density at radius 2 is 2.00 bits per heavy atom. The molecule has 0 aliphatic carbocycles. The number of aliphatic hydroxyl groups is 1. The molecule has 1 atom stereocenters. The van der Waals surface area contributed by atoms with Crippen LogP contribution in [0.15, 0.2) is 30.3 Å². The van der Waals surface area contributed by atoms with Crippen molar-refractivity contribution in [2.75, 3.05) is 6.61 Å². The molecule has 0 saturated carbocycles. The predicted molar refractivity (Wildman–Crippen MR) is 62.7 cm³/mol. The molecule has 0 saturated heterocycles. The van der Waals surface area contributed by atoms with Crippen molar-refractivity contribution in [3.8, 4) is 0 Å². The zero-order valence-corrected chi connectivity index (χ0v) is 9.60. The Hall–Kier alpha value is -1.39. The van der Waals surface area contributed by atoms with E-state index in [9.17, 15) is 4.79 Å².